The van der Waals surface area contributed by atoms with Crippen molar-refractivity contribution in [1.29, 1.82) is 0 Å². The maximum absolute atomic E-state index is 9.45. The van der Waals surface area contributed by atoms with Gasteiger partial charge in [-0.05, 0) is 24.3 Å². The third kappa shape index (κ3) is 1.99. The van der Waals surface area contributed by atoms with E-state index in [0.29, 0.717) is 5.75 Å². The van der Waals surface area contributed by atoms with Crippen LogP contribution in [0.3, 0.4) is 0 Å². The molecule has 1 aromatic carbocycles. The number of hydrogen-bond donors (Lipinski definition) is 2. The van der Waals surface area contributed by atoms with Crippen LogP contribution in [0.4, 0.5) is 0 Å². The number of para-hydroxylation sites is 1. The second-order valence-electron chi connectivity index (χ2n) is 2.92. The lowest BCUT2D eigenvalue weighted by Crippen LogP contribution is -1.85. The zero-order valence-corrected chi connectivity index (χ0v) is 7.79. The fourth-order valence-corrected chi connectivity index (χ4v) is 1.14. The quantitative estimate of drug-likeness (QED) is 0.786. The molecule has 0 aliphatic heterocycles. The van der Waals surface area contributed by atoms with Crippen LogP contribution in [0.5, 0.6) is 23.0 Å². The minimum atomic E-state index is -0.112. The van der Waals surface area contributed by atoms with E-state index in [0.717, 1.165) is 0 Å². The van der Waals surface area contributed by atoms with Crippen molar-refractivity contribution in [2.45, 2.75) is 0 Å². The highest BCUT2D eigenvalue weighted by molar-refractivity contribution is 5.51. The van der Waals surface area contributed by atoms with Crippen LogP contribution in [0, 0.1) is 0 Å². The van der Waals surface area contributed by atoms with Crippen molar-refractivity contribution in [3.8, 4) is 23.0 Å². The van der Waals surface area contributed by atoms with Crippen molar-refractivity contribution in [1.82, 2.24) is 4.98 Å². The lowest BCUT2D eigenvalue weighted by Gasteiger charge is -2.08. The highest BCUT2D eigenvalue weighted by Crippen LogP contribution is 2.37. The van der Waals surface area contributed by atoms with Crippen LogP contribution in [0.1, 0.15) is 0 Å². The molecule has 2 aromatic rings. The first-order valence-electron chi connectivity index (χ1n) is 4.36. The molecule has 0 saturated carbocycles. The van der Waals surface area contributed by atoms with E-state index in [2.05, 4.69) is 4.98 Å². The number of aromatic nitrogens is 1. The number of ether oxygens (including phenoxy) is 1. The molecule has 15 heavy (non-hydrogen) atoms. The van der Waals surface area contributed by atoms with Gasteiger partial charge in [0.15, 0.2) is 11.5 Å². The van der Waals surface area contributed by atoms with Gasteiger partial charge in [-0.25, -0.2) is 0 Å². The molecule has 0 aliphatic carbocycles. The molecular formula is C11H9NO3. The van der Waals surface area contributed by atoms with Gasteiger partial charge in [0, 0.05) is 6.20 Å². The third-order valence-corrected chi connectivity index (χ3v) is 1.83. The Balaban J connectivity index is 2.32. The Hall–Kier alpha value is -2.23. The normalized spacial score (nSPS) is 9.87. The zero-order valence-electron chi connectivity index (χ0n) is 7.79. The first kappa shape index (κ1) is 9.33. The fourth-order valence-electron chi connectivity index (χ4n) is 1.14. The van der Waals surface area contributed by atoms with E-state index in [4.69, 9.17) is 4.74 Å². The summed E-state index contributed by atoms with van der Waals surface area (Å²) in [4.78, 5) is 3.85. The van der Waals surface area contributed by atoms with Crippen LogP contribution >= 0.6 is 0 Å². The molecule has 76 valence electrons. The van der Waals surface area contributed by atoms with E-state index in [-0.39, 0.29) is 17.2 Å². The molecular weight excluding hydrogens is 194 g/mol. The molecule has 0 unspecified atom stereocenters. The van der Waals surface area contributed by atoms with Crippen molar-refractivity contribution in [3.63, 3.8) is 0 Å². The number of rotatable bonds is 2. The first-order valence-corrected chi connectivity index (χ1v) is 4.36. The van der Waals surface area contributed by atoms with Gasteiger partial charge in [-0.2, -0.15) is 0 Å². The molecule has 0 saturated heterocycles. The molecule has 2 rings (SSSR count). The summed E-state index contributed by atoms with van der Waals surface area (Å²) in [7, 11) is 0. The molecule has 2 N–H and O–H groups in total. The van der Waals surface area contributed by atoms with Crippen LogP contribution in [0.15, 0.2) is 42.7 Å². The van der Waals surface area contributed by atoms with Gasteiger partial charge in [0.05, 0.1) is 6.20 Å². The molecule has 0 spiro atoms. The van der Waals surface area contributed by atoms with Gasteiger partial charge in [0.25, 0.3) is 0 Å². The average molecular weight is 203 g/mol. The zero-order chi connectivity index (χ0) is 10.7. The molecule has 0 radical (unpaired) electrons. The number of aromatic hydroxyl groups is 2. The minimum absolute atomic E-state index is 0.0329. The monoisotopic (exact) mass is 203 g/mol. The molecule has 1 heterocycles. The first-order chi connectivity index (χ1) is 7.27. The van der Waals surface area contributed by atoms with Gasteiger partial charge < -0.3 is 14.9 Å². The molecule has 4 nitrogen and oxygen atoms in total. The Kier molecular flexibility index (Phi) is 2.41. The fraction of sp³-hybridized carbons (Fsp3) is 0. The van der Waals surface area contributed by atoms with E-state index < -0.39 is 0 Å². The highest BCUT2D eigenvalue weighted by atomic mass is 16.5. The van der Waals surface area contributed by atoms with Crippen LogP contribution in [-0.4, -0.2) is 15.2 Å². The van der Waals surface area contributed by atoms with Crippen molar-refractivity contribution >= 4 is 0 Å². The largest absolute Gasteiger partial charge is 0.504 e. The summed E-state index contributed by atoms with van der Waals surface area (Å²) in [6.45, 7) is 0. The maximum Gasteiger partial charge on any atom is 0.210 e. The van der Waals surface area contributed by atoms with E-state index in [1.165, 1.54) is 24.4 Å². The van der Waals surface area contributed by atoms with E-state index in [1.54, 1.807) is 18.3 Å². The summed E-state index contributed by atoms with van der Waals surface area (Å²) >= 11 is 0. The molecule has 0 bridgehead atoms. The average Bonchev–Trinajstić information content (AvgIpc) is 2.25. The topological polar surface area (TPSA) is 62.6 Å². The van der Waals surface area contributed by atoms with E-state index in [1.807, 2.05) is 0 Å². The van der Waals surface area contributed by atoms with Gasteiger partial charge in [-0.3, -0.25) is 4.98 Å². The summed E-state index contributed by atoms with van der Waals surface area (Å²) in [5.74, 6) is 0.262. The van der Waals surface area contributed by atoms with Crippen molar-refractivity contribution in [3.05, 3.63) is 42.7 Å². The summed E-state index contributed by atoms with van der Waals surface area (Å²) in [6.07, 6.45) is 3.10. The van der Waals surface area contributed by atoms with Crippen molar-refractivity contribution in [2.24, 2.45) is 0 Å². The molecule has 0 aliphatic rings. The number of nitrogens with zero attached hydrogens (tertiary/aromatic N) is 1. The molecule has 0 atom stereocenters. The second-order valence-corrected chi connectivity index (χ2v) is 2.92. The number of hydrogen-bond acceptors (Lipinski definition) is 4. The number of phenolic OH excluding ortho intramolecular Hbond substituents is 2. The van der Waals surface area contributed by atoms with Crippen LogP contribution in [0.2, 0.25) is 0 Å². The molecule has 1 aromatic heterocycles. The SMILES string of the molecule is Oc1cccc(O)c1Oc1cccnc1. The predicted molar refractivity (Wildman–Crippen MR) is 54.1 cm³/mol. The Morgan fingerprint density at radius 2 is 1.73 bits per heavy atom. The third-order valence-electron chi connectivity index (χ3n) is 1.83. The van der Waals surface area contributed by atoms with Crippen LogP contribution < -0.4 is 4.74 Å². The van der Waals surface area contributed by atoms with E-state index >= 15 is 0 Å². The van der Waals surface area contributed by atoms with Crippen LogP contribution in [-0.2, 0) is 0 Å². The highest BCUT2D eigenvalue weighted by Gasteiger charge is 2.08. The van der Waals surface area contributed by atoms with Gasteiger partial charge in [-0.15, -0.1) is 0 Å². The maximum atomic E-state index is 9.45. The summed E-state index contributed by atoms with van der Waals surface area (Å²) < 4.78 is 5.28. The van der Waals surface area contributed by atoms with Crippen molar-refractivity contribution < 1.29 is 14.9 Å². The lowest BCUT2D eigenvalue weighted by atomic mass is 10.3. The Bertz CT molecular complexity index is 436. The summed E-state index contributed by atoms with van der Waals surface area (Å²) in [5, 5.41) is 18.9. The van der Waals surface area contributed by atoms with Gasteiger partial charge in [-0.1, -0.05) is 6.07 Å². The molecule has 4 heteroatoms. The summed E-state index contributed by atoms with van der Waals surface area (Å²) in [5.41, 5.74) is 0. The Labute approximate surface area is 86.4 Å². The van der Waals surface area contributed by atoms with Crippen molar-refractivity contribution in [2.75, 3.05) is 0 Å². The number of pyridine rings is 1. The number of benzene rings is 1. The predicted octanol–water partition coefficient (Wildman–Crippen LogP) is 2.29. The lowest BCUT2D eigenvalue weighted by molar-refractivity contribution is 0.375. The Morgan fingerprint density at radius 1 is 1.00 bits per heavy atom. The summed E-state index contributed by atoms with van der Waals surface area (Å²) in [6, 6.07) is 7.78. The van der Waals surface area contributed by atoms with Gasteiger partial charge in [0.2, 0.25) is 5.75 Å². The van der Waals surface area contributed by atoms with Gasteiger partial charge in [0.1, 0.15) is 5.75 Å². The Morgan fingerprint density at radius 3 is 2.33 bits per heavy atom. The van der Waals surface area contributed by atoms with Gasteiger partial charge >= 0.3 is 0 Å². The van der Waals surface area contributed by atoms with E-state index in [9.17, 15) is 10.2 Å². The standard InChI is InChI=1S/C11H9NO3/c13-9-4-1-5-10(14)11(9)15-8-3-2-6-12-7-8/h1-7,13-14H. The minimum Gasteiger partial charge on any atom is -0.504 e. The number of phenols is 2. The van der Waals surface area contributed by atoms with Crippen LogP contribution in [0.25, 0.3) is 0 Å². The second kappa shape index (κ2) is 3.88. The smallest absolute Gasteiger partial charge is 0.210 e. The molecule has 0 fully saturated rings. The molecule has 0 amide bonds.